The van der Waals surface area contributed by atoms with E-state index in [9.17, 15) is 0 Å². The van der Waals surface area contributed by atoms with Gasteiger partial charge in [-0.1, -0.05) is 31.2 Å². The summed E-state index contributed by atoms with van der Waals surface area (Å²) in [5.74, 6) is 0.544. The quantitative estimate of drug-likeness (QED) is 0.560. The first-order chi connectivity index (χ1) is 8.67. The lowest BCUT2D eigenvalue weighted by molar-refractivity contribution is 0.321. The Bertz CT molecular complexity index is 357. The van der Waals surface area contributed by atoms with Crippen molar-refractivity contribution in [2.24, 2.45) is 0 Å². The van der Waals surface area contributed by atoms with E-state index in [1.54, 1.807) is 0 Å². The molecular weight excluding hydrogens is 220 g/mol. The molecule has 0 aliphatic heterocycles. The molecule has 2 nitrogen and oxygen atoms in total. The van der Waals surface area contributed by atoms with Crippen molar-refractivity contribution in [3.63, 3.8) is 0 Å². The lowest BCUT2D eigenvalue weighted by Crippen LogP contribution is -2.26. The van der Waals surface area contributed by atoms with Crippen LogP contribution < -0.4 is 5.73 Å². The first-order valence-electron chi connectivity index (χ1n) is 6.47. The van der Waals surface area contributed by atoms with E-state index in [2.05, 4.69) is 37.1 Å². The van der Waals surface area contributed by atoms with Gasteiger partial charge in [0.05, 0.1) is 0 Å². The second-order valence-electron chi connectivity index (χ2n) is 4.69. The average molecular weight is 244 g/mol. The highest BCUT2D eigenvalue weighted by Crippen LogP contribution is 2.20. The van der Waals surface area contributed by atoms with Crippen LogP contribution in [0.2, 0.25) is 0 Å². The predicted octanol–water partition coefficient (Wildman–Crippen LogP) is 3.44. The van der Waals surface area contributed by atoms with Gasteiger partial charge in [-0.3, -0.25) is 4.90 Å². The molecule has 0 amide bonds. The number of benzene rings is 1. The first kappa shape index (κ1) is 14.5. The minimum atomic E-state index is 0.544. The van der Waals surface area contributed by atoms with Crippen LogP contribution in [-0.2, 0) is 0 Å². The van der Waals surface area contributed by atoms with Crippen molar-refractivity contribution >= 4 is 5.69 Å². The molecule has 1 aromatic rings. The molecule has 0 saturated carbocycles. The van der Waals surface area contributed by atoms with Crippen molar-refractivity contribution in [2.75, 3.05) is 25.4 Å². The van der Waals surface area contributed by atoms with Gasteiger partial charge in [-0.25, -0.2) is 0 Å². The van der Waals surface area contributed by atoms with E-state index in [4.69, 9.17) is 5.73 Å². The highest BCUT2D eigenvalue weighted by Gasteiger charge is 2.08. The molecule has 18 heavy (non-hydrogen) atoms. The Morgan fingerprint density at radius 3 is 2.22 bits per heavy atom. The molecule has 1 atom stereocenters. The van der Waals surface area contributed by atoms with E-state index in [1.165, 1.54) is 5.56 Å². The second kappa shape index (κ2) is 7.72. The first-order valence-corrected chi connectivity index (χ1v) is 6.47. The van der Waals surface area contributed by atoms with Gasteiger partial charge in [-0.05, 0) is 36.6 Å². The number of anilines is 1. The van der Waals surface area contributed by atoms with Crippen LogP contribution in [0, 0.1) is 0 Å². The molecule has 98 valence electrons. The molecule has 2 heteroatoms. The summed E-state index contributed by atoms with van der Waals surface area (Å²) in [5, 5.41) is 0. The van der Waals surface area contributed by atoms with Gasteiger partial charge < -0.3 is 5.73 Å². The second-order valence-corrected chi connectivity index (χ2v) is 4.69. The number of rotatable bonds is 8. The summed E-state index contributed by atoms with van der Waals surface area (Å²) in [5.41, 5.74) is 7.87. The summed E-state index contributed by atoms with van der Waals surface area (Å²) in [6, 6.07) is 8.17. The Balaban J connectivity index is 2.48. The van der Waals surface area contributed by atoms with Crippen LogP contribution in [0.3, 0.4) is 0 Å². The van der Waals surface area contributed by atoms with Gasteiger partial charge in [0.1, 0.15) is 0 Å². The van der Waals surface area contributed by atoms with Crippen molar-refractivity contribution in [2.45, 2.75) is 19.3 Å². The molecule has 0 fully saturated rings. The lowest BCUT2D eigenvalue weighted by Gasteiger charge is -2.21. The van der Waals surface area contributed by atoms with E-state index in [-0.39, 0.29) is 0 Å². The van der Waals surface area contributed by atoms with E-state index >= 15 is 0 Å². The van der Waals surface area contributed by atoms with Crippen molar-refractivity contribution in [3.05, 3.63) is 55.1 Å². The van der Waals surface area contributed by atoms with Crippen LogP contribution in [-0.4, -0.2) is 24.5 Å². The smallest absolute Gasteiger partial charge is 0.0314 e. The SMILES string of the molecule is C=CCN(CC=C)CCC(C)c1ccc(N)cc1. The summed E-state index contributed by atoms with van der Waals surface area (Å²) >= 11 is 0. The number of hydrogen-bond acceptors (Lipinski definition) is 2. The molecule has 0 aromatic heterocycles. The predicted molar refractivity (Wildman–Crippen MR) is 80.7 cm³/mol. The molecule has 0 bridgehead atoms. The van der Waals surface area contributed by atoms with E-state index < -0.39 is 0 Å². The zero-order valence-corrected chi connectivity index (χ0v) is 11.3. The molecule has 0 aliphatic carbocycles. The maximum absolute atomic E-state index is 5.70. The van der Waals surface area contributed by atoms with E-state index in [0.717, 1.165) is 31.7 Å². The van der Waals surface area contributed by atoms with Gasteiger partial charge in [0, 0.05) is 18.8 Å². The van der Waals surface area contributed by atoms with Gasteiger partial charge in [0.2, 0.25) is 0 Å². The van der Waals surface area contributed by atoms with Crippen LogP contribution in [0.15, 0.2) is 49.6 Å². The molecule has 0 aliphatic rings. The summed E-state index contributed by atoms with van der Waals surface area (Å²) < 4.78 is 0. The molecule has 0 spiro atoms. The number of hydrogen-bond donors (Lipinski definition) is 1. The fourth-order valence-electron chi connectivity index (χ4n) is 1.99. The Kier molecular flexibility index (Phi) is 6.23. The minimum Gasteiger partial charge on any atom is -0.399 e. The molecule has 0 saturated heterocycles. The normalized spacial score (nSPS) is 12.3. The third-order valence-corrected chi connectivity index (χ3v) is 3.16. The summed E-state index contributed by atoms with van der Waals surface area (Å²) in [6.45, 7) is 12.7. The third kappa shape index (κ3) is 4.76. The zero-order chi connectivity index (χ0) is 13.4. The van der Waals surface area contributed by atoms with Crippen molar-refractivity contribution in [1.82, 2.24) is 4.90 Å². The van der Waals surface area contributed by atoms with Crippen LogP contribution in [0.4, 0.5) is 5.69 Å². The maximum Gasteiger partial charge on any atom is 0.0314 e. The molecule has 0 radical (unpaired) electrons. The lowest BCUT2D eigenvalue weighted by atomic mass is 9.97. The molecular formula is C16H24N2. The van der Waals surface area contributed by atoms with Crippen molar-refractivity contribution < 1.29 is 0 Å². The molecule has 1 rings (SSSR count). The van der Waals surface area contributed by atoms with Gasteiger partial charge in [0.25, 0.3) is 0 Å². The third-order valence-electron chi connectivity index (χ3n) is 3.16. The number of nitrogens with zero attached hydrogens (tertiary/aromatic N) is 1. The molecule has 2 N–H and O–H groups in total. The van der Waals surface area contributed by atoms with Crippen LogP contribution in [0.25, 0.3) is 0 Å². The molecule has 1 unspecified atom stereocenters. The van der Waals surface area contributed by atoms with Gasteiger partial charge in [-0.2, -0.15) is 0 Å². The van der Waals surface area contributed by atoms with Crippen molar-refractivity contribution in [3.8, 4) is 0 Å². The Morgan fingerprint density at radius 1 is 1.17 bits per heavy atom. The fourth-order valence-corrected chi connectivity index (χ4v) is 1.99. The largest absolute Gasteiger partial charge is 0.399 e. The fraction of sp³-hybridized carbons (Fsp3) is 0.375. The summed E-state index contributed by atoms with van der Waals surface area (Å²) in [6.07, 6.45) is 5.01. The summed E-state index contributed by atoms with van der Waals surface area (Å²) in [7, 11) is 0. The number of nitrogens with two attached hydrogens (primary N) is 1. The molecule has 0 heterocycles. The van der Waals surface area contributed by atoms with Gasteiger partial charge in [0.15, 0.2) is 0 Å². The Labute approximate surface area is 111 Å². The highest BCUT2D eigenvalue weighted by molar-refractivity contribution is 5.40. The minimum absolute atomic E-state index is 0.544. The van der Waals surface area contributed by atoms with E-state index in [1.807, 2.05) is 24.3 Å². The maximum atomic E-state index is 5.70. The van der Waals surface area contributed by atoms with Crippen molar-refractivity contribution in [1.29, 1.82) is 0 Å². The van der Waals surface area contributed by atoms with Gasteiger partial charge in [-0.15, -0.1) is 13.2 Å². The summed E-state index contributed by atoms with van der Waals surface area (Å²) in [4.78, 5) is 2.34. The standard InChI is InChI=1S/C16H24N2/c1-4-11-18(12-5-2)13-10-14(3)15-6-8-16(17)9-7-15/h4-9,14H,1-2,10-13,17H2,3H3. The van der Waals surface area contributed by atoms with Crippen LogP contribution in [0.5, 0.6) is 0 Å². The van der Waals surface area contributed by atoms with Crippen LogP contribution >= 0.6 is 0 Å². The average Bonchev–Trinajstić information content (AvgIpc) is 2.37. The topological polar surface area (TPSA) is 29.3 Å². The van der Waals surface area contributed by atoms with Crippen LogP contribution in [0.1, 0.15) is 24.8 Å². The zero-order valence-electron chi connectivity index (χ0n) is 11.3. The highest BCUT2D eigenvalue weighted by atomic mass is 15.1. The van der Waals surface area contributed by atoms with Gasteiger partial charge >= 0.3 is 0 Å². The molecule has 1 aromatic carbocycles. The monoisotopic (exact) mass is 244 g/mol. The Hall–Kier alpha value is -1.54. The number of nitrogen functional groups attached to an aromatic ring is 1. The van der Waals surface area contributed by atoms with E-state index in [0.29, 0.717) is 5.92 Å². The Morgan fingerprint density at radius 2 is 1.72 bits per heavy atom.